The lowest BCUT2D eigenvalue weighted by molar-refractivity contribution is -0.124. The van der Waals surface area contributed by atoms with E-state index in [0.29, 0.717) is 6.54 Å². The summed E-state index contributed by atoms with van der Waals surface area (Å²) in [4.78, 5) is 11.3. The number of benzene rings is 1. The Morgan fingerprint density at radius 1 is 1.50 bits per heavy atom. The van der Waals surface area contributed by atoms with Crippen molar-refractivity contribution in [1.82, 2.24) is 5.32 Å². The van der Waals surface area contributed by atoms with Crippen molar-refractivity contribution in [2.75, 3.05) is 32.1 Å². The van der Waals surface area contributed by atoms with Gasteiger partial charge in [0.15, 0.2) is 0 Å². The third kappa shape index (κ3) is 3.23. The van der Waals surface area contributed by atoms with Gasteiger partial charge in [0.25, 0.3) is 0 Å². The molecular formula is C14H20N2O2. The molecule has 98 valence electrons. The Bertz CT molecular complexity index is 418. The number of ether oxygens (including phenoxy) is 1. The number of carbonyl (C=O) groups is 1. The van der Waals surface area contributed by atoms with Gasteiger partial charge in [0.2, 0.25) is 5.91 Å². The second-order valence-corrected chi connectivity index (χ2v) is 4.51. The standard InChI is InChI=1S/C14H20N2O2/c1-18-10-13(17)15-9-7-12-5-2-4-11-6-3-8-16-14(11)12/h2,4-5,16H,3,6-10H2,1H3,(H,15,17). The molecule has 0 saturated carbocycles. The van der Waals surface area contributed by atoms with Crippen LogP contribution >= 0.6 is 0 Å². The highest BCUT2D eigenvalue weighted by Gasteiger charge is 2.11. The van der Waals surface area contributed by atoms with E-state index in [1.54, 1.807) is 0 Å². The van der Waals surface area contributed by atoms with Crippen molar-refractivity contribution in [2.24, 2.45) is 0 Å². The lowest BCUT2D eigenvalue weighted by Gasteiger charge is -2.21. The van der Waals surface area contributed by atoms with Gasteiger partial charge in [-0.3, -0.25) is 4.79 Å². The Labute approximate surface area is 108 Å². The summed E-state index contributed by atoms with van der Waals surface area (Å²) in [5.74, 6) is -0.0599. The van der Waals surface area contributed by atoms with Gasteiger partial charge in [0, 0.05) is 25.9 Å². The molecule has 0 fully saturated rings. The molecule has 1 aromatic carbocycles. The van der Waals surface area contributed by atoms with Crippen LogP contribution in [0.4, 0.5) is 5.69 Å². The van der Waals surface area contributed by atoms with Gasteiger partial charge >= 0.3 is 0 Å². The van der Waals surface area contributed by atoms with Crippen LogP contribution in [0.5, 0.6) is 0 Å². The molecule has 0 bridgehead atoms. The Morgan fingerprint density at radius 3 is 3.22 bits per heavy atom. The number of para-hydroxylation sites is 1. The van der Waals surface area contributed by atoms with E-state index in [4.69, 9.17) is 4.74 Å². The predicted molar refractivity (Wildman–Crippen MR) is 71.8 cm³/mol. The molecule has 1 amide bonds. The molecule has 0 atom stereocenters. The maximum Gasteiger partial charge on any atom is 0.245 e. The molecule has 1 heterocycles. The Kier molecular flexibility index (Phi) is 4.59. The maximum absolute atomic E-state index is 11.3. The third-order valence-corrected chi connectivity index (χ3v) is 3.15. The molecule has 4 nitrogen and oxygen atoms in total. The lowest BCUT2D eigenvalue weighted by atomic mass is 9.98. The zero-order valence-corrected chi connectivity index (χ0v) is 10.8. The number of aryl methyl sites for hydroxylation is 1. The van der Waals surface area contributed by atoms with Crippen molar-refractivity contribution in [3.05, 3.63) is 29.3 Å². The van der Waals surface area contributed by atoms with Crippen LogP contribution in [0.25, 0.3) is 0 Å². The van der Waals surface area contributed by atoms with Crippen molar-refractivity contribution in [1.29, 1.82) is 0 Å². The molecule has 0 unspecified atom stereocenters. The number of rotatable bonds is 5. The SMILES string of the molecule is COCC(=O)NCCc1cccc2c1NCCC2. The van der Waals surface area contributed by atoms with Crippen LogP contribution in [0.1, 0.15) is 17.5 Å². The number of nitrogens with one attached hydrogen (secondary N) is 2. The molecule has 2 N–H and O–H groups in total. The van der Waals surface area contributed by atoms with E-state index >= 15 is 0 Å². The molecule has 4 heteroatoms. The van der Waals surface area contributed by atoms with Crippen molar-refractivity contribution in [2.45, 2.75) is 19.3 Å². The van der Waals surface area contributed by atoms with Gasteiger partial charge in [0.1, 0.15) is 6.61 Å². The number of anilines is 1. The molecule has 0 aromatic heterocycles. The molecule has 0 spiro atoms. The summed E-state index contributed by atoms with van der Waals surface area (Å²) in [5, 5.41) is 6.30. The van der Waals surface area contributed by atoms with Crippen molar-refractivity contribution < 1.29 is 9.53 Å². The molecular weight excluding hydrogens is 228 g/mol. The van der Waals surface area contributed by atoms with Crippen LogP contribution in [-0.2, 0) is 22.4 Å². The van der Waals surface area contributed by atoms with Gasteiger partial charge in [-0.1, -0.05) is 18.2 Å². The maximum atomic E-state index is 11.3. The molecule has 0 saturated heterocycles. The summed E-state index contributed by atoms with van der Waals surface area (Å²) >= 11 is 0. The van der Waals surface area contributed by atoms with E-state index in [1.807, 2.05) is 0 Å². The van der Waals surface area contributed by atoms with E-state index < -0.39 is 0 Å². The van der Waals surface area contributed by atoms with Gasteiger partial charge in [-0.2, -0.15) is 0 Å². The number of amides is 1. The van der Waals surface area contributed by atoms with Gasteiger partial charge in [-0.05, 0) is 30.4 Å². The van der Waals surface area contributed by atoms with Crippen LogP contribution < -0.4 is 10.6 Å². The molecule has 1 aromatic rings. The largest absolute Gasteiger partial charge is 0.385 e. The minimum absolute atomic E-state index is 0.0599. The summed E-state index contributed by atoms with van der Waals surface area (Å²) in [6, 6.07) is 6.40. The fourth-order valence-electron chi connectivity index (χ4n) is 2.31. The molecule has 18 heavy (non-hydrogen) atoms. The van der Waals surface area contributed by atoms with Gasteiger partial charge < -0.3 is 15.4 Å². The van der Waals surface area contributed by atoms with Gasteiger partial charge in [-0.15, -0.1) is 0 Å². The second-order valence-electron chi connectivity index (χ2n) is 4.51. The van der Waals surface area contributed by atoms with E-state index in [1.165, 1.54) is 30.3 Å². The first-order valence-corrected chi connectivity index (χ1v) is 6.41. The van der Waals surface area contributed by atoms with Crippen molar-refractivity contribution in [3.63, 3.8) is 0 Å². The molecule has 2 rings (SSSR count). The van der Waals surface area contributed by atoms with E-state index in [0.717, 1.165) is 19.4 Å². The Balaban J connectivity index is 1.91. The van der Waals surface area contributed by atoms with Gasteiger partial charge in [0.05, 0.1) is 0 Å². The highest BCUT2D eigenvalue weighted by atomic mass is 16.5. The van der Waals surface area contributed by atoms with Crippen LogP contribution in [0, 0.1) is 0 Å². The fourth-order valence-corrected chi connectivity index (χ4v) is 2.31. The molecule has 1 aliphatic rings. The van der Waals surface area contributed by atoms with Crippen LogP contribution in [0.15, 0.2) is 18.2 Å². The topological polar surface area (TPSA) is 50.4 Å². The lowest BCUT2D eigenvalue weighted by Crippen LogP contribution is -2.29. The number of hydrogen-bond acceptors (Lipinski definition) is 3. The minimum Gasteiger partial charge on any atom is -0.385 e. The highest BCUT2D eigenvalue weighted by molar-refractivity contribution is 5.77. The van der Waals surface area contributed by atoms with Crippen LogP contribution in [0.2, 0.25) is 0 Å². The summed E-state index contributed by atoms with van der Waals surface area (Å²) in [6.45, 7) is 1.82. The first-order valence-electron chi connectivity index (χ1n) is 6.41. The Morgan fingerprint density at radius 2 is 2.39 bits per heavy atom. The first kappa shape index (κ1) is 12.9. The minimum atomic E-state index is -0.0599. The van der Waals surface area contributed by atoms with Crippen molar-refractivity contribution >= 4 is 11.6 Å². The molecule has 1 aliphatic heterocycles. The Hall–Kier alpha value is -1.55. The monoisotopic (exact) mass is 248 g/mol. The molecule has 0 radical (unpaired) electrons. The number of hydrogen-bond donors (Lipinski definition) is 2. The summed E-state index contributed by atoms with van der Waals surface area (Å²) in [5.41, 5.74) is 3.94. The highest BCUT2D eigenvalue weighted by Crippen LogP contribution is 2.26. The predicted octanol–water partition coefficient (Wildman–Crippen LogP) is 1.35. The number of methoxy groups -OCH3 is 1. The quantitative estimate of drug-likeness (QED) is 0.827. The third-order valence-electron chi connectivity index (χ3n) is 3.15. The average molecular weight is 248 g/mol. The van der Waals surface area contributed by atoms with Crippen LogP contribution in [-0.4, -0.2) is 32.7 Å². The summed E-state index contributed by atoms with van der Waals surface area (Å²) in [6.07, 6.45) is 3.19. The summed E-state index contributed by atoms with van der Waals surface area (Å²) < 4.78 is 4.77. The van der Waals surface area contributed by atoms with Crippen molar-refractivity contribution in [3.8, 4) is 0 Å². The van der Waals surface area contributed by atoms with Gasteiger partial charge in [-0.25, -0.2) is 0 Å². The second kappa shape index (κ2) is 6.40. The van der Waals surface area contributed by atoms with Crippen LogP contribution in [0.3, 0.4) is 0 Å². The zero-order valence-electron chi connectivity index (χ0n) is 10.8. The molecule has 0 aliphatic carbocycles. The number of fused-ring (bicyclic) bond motifs is 1. The van der Waals surface area contributed by atoms with E-state index in [9.17, 15) is 4.79 Å². The zero-order chi connectivity index (χ0) is 12.8. The summed E-state index contributed by atoms with van der Waals surface area (Å²) in [7, 11) is 1.52. The first-order chi connectivity index (χ1) is 8.81. The normalized spacial score (nSPS) is 13.6. The fraction of sp³-hybridized carbons (Fsp3) is 0.500. The van der Waals surface area contributed by atoms with E-state index in [2.05, 4.69) is 28.8 Å². The average Bonchev–Trinajstić information content (AvgIpc) is 2.39. The number of carbonyl (C=O) groups excluding carboxylic acids is 1. The van der Waals surface area contributed by atoms with E-state index in [-0.39, 0.29) is 12.5 Å². The smallest absolute Gasteiger partial charge is 0.245 e.